The van der Waals surface area contributed by atoms with Crippen LogP contribution in [0.5, 0.6) is 0 Å². The lowest BCUT2D eigenvalue weighted by atomic mass is 9.97. The first-order valence-electron chi connectivity index (χ1n) is 6.56. The molecule has 0 bridgehead atoms. The molecule has 1 amide bonds. The molecular weight excluding hydrogens is 304 g/mol. The number of alkyl carbamates (subject to hydrolysis) is 1. The molecule has 4 nitrogen and oxygen atoms in total. The number of rotatable bonds is 4. The van der Waals surface area contributed by atoms with Gasteiger partial charge in [-0.3, -0.25) is 0 Å². The van der Waals surface area contributed by atoms with E-state index in [1.54, 1.807) is 20.8 Å². The fourth-order valence-corrected chi connectivity index (χ4v) is 1.77. The van der Waals surface area contributed by atoms with Crippen molar-refractivity contribution < 1.29 is 27.1 Å². The molecule has 3 N–H and O–H groups in total. The number of hydrogen-bond acceptors (Lipinski definition) is 3. The minimum absolute atomic E-state index is 0.114. The Balaban J connectivity index is 2.92. The van der Waals surface area contributed by atoms with Crippen LogP contribution < -0.4 is 11.1 Å². The lowest BCUT2D eigenvalue weighted by Crippen LogP contribution is -2.36. The third kappa shape index (κ3) is 4.59. The maximum atomic E-state index is 13.7. The zero-order valence-corrected chi connectivity index (χ0v) is 12.5. The van der Waals surface area contributed by atoms with Gasteiger partial charge in [-0.1, -0.05) is 0 Å². The highest BCUT2D eigenvalue weighted by atomic mass is 19.2. The molecule has 1 rings (SSSR count). The van der Waals surface area contributed by atoms with E-state index >= 15 is 0 Å². The number of carbonyl (C=O) groups is 1. The van der Waals surface area contributed by atoms with Crippen molar-refractivity contribution in [2.75, 3.05) is 13.1 Å². The van der Waals surface area contributed by atoms with Gasteiger partial charge in [-0.25, -0.2) is 22.4 Å². The molecule has 0 fully saturated rings. The summed E-state index contributed by atoms with van der Waals surface area (Å²) in [5.41, 5.74) is 3.79. The van der Waals surface area contributed by atoms with Gasteiger partial charge < -0.3 is 15.8 Å². The molecule has 1 aromatic rings. The quantitative estimate of drug-likeness (QED) is 0.662. The molecule has 0 saturated carbocycles. The Bertz CT molecular complexity index is 533. The molecule has 0 aliphatic carbocycles. The predicted molar refractivity (Wildman–Crippen MR) is 72.3 cm³/mol. The van der Waals surface area contributed by atoms with E-state index in [2.05, 4.69) is 5.32 Å². The van der Waals surface area contributed by atoms with Gasteiger partial charge in [0.25, 0.3) is 0 Å². The molecule has 124 valence electrons. The van der Waals surface area contributed by atoms with Gasteiger partial charge in [0.15, 0.2) is 23.3 Å². The van der Waals surface area contributed by atoms with E-state index < -0.39 is 46.4 Å². The van der Waals surface area contributed by atoms with Crippen molar-refractivity contribution in [3.63, 3.8) is 0 Å². The van der Waals surface area contributed by atoms with Crippen LogP contribution in [0.2, 0.25) is 0 Å². The van der Waals surface area contributed by atoms with Crippen LogP contribution >= 0.6 is 0 Å². The predicted octanol–water partition coefficient (Wildman–Crippen LogP) is 2.81. The molecule has 0 heterocycles. The Morgan fingerprint density at radius 1 is 1.23 bits per heavy atom. The molecule has 22 heavy (non-hydrogen) atoms. The summed E-state index contributed by atoms with van der Waals surface area (Å²) in [6.07, 6.45) is -0.830. The van der Waals surface area contributed by atoms with E-state index in [1.165, 1.54) is 0 Å². The fourth-order valence-electron chi connectivity index (χ4n) is 1.77. The van der Waals surface area contributed by atoms with Gasteiger partial charge in [0, 0.05) is 30.6 Å². The van der Waals surface area contributed by atoms with Gasteiger partial charge in [-0.05, 0) is 20.8 Å². The number of amides is 1. The van der Waals surface area contributed by atoms with Crippen LogP contribution in [0.1, 0.15) is 32.3 Å². The van der Waals surface area contributed by atoms with Crippen LogP contribution in [0.15, 0.2) is 6.07 Å². The summed E-state index contributed by atoms with van der Waals surface area (Å²) in [6, 6.07) is 0.114. The van der Waals surface area contributed by atoms with Crippen LogP contribution in [0.3, 0.4) is 0 Å². The first-order valence-corrected chi connectivity index (χ1v) is 6.56. The Morgan fingerprint density at radius 3 is 2.14 bits per heavy atom. The lowest BCUT2D eigenvalue weighted by Gasteiger charge is -2.22. The summed E-state index contributed by atoms with van der Waals surface area (Å²) in [4.78, 5) is 11.5. The number of nitrogens with two attached hydrogens (primary N) is 1. The Hall–Kier alpha value is -1.83. The van der Waals surface area contributed by atoms with Crippen molar-refractivity contribution in [3.05, 3.63) is 34.9 Å². The van der Waals surface area contributed by atoms with E-state index in [0.29, 0.717) is 0 Å². The summed E-state index contributed by atoms with van der Waals surface area (Å²) in [5, 5.41) is 2.26. The number of carbonyl (C=O) groups excluding carboxylic acids is 1. The van der Waals surface area contributed by atoms with E-state index in [4.69, 9.17) is 10.5 Å². The van der Waals surface area contributed by atoms with Gasteiger partial charge >= 0.3 is 6.09 Å². The largest absolute Gasteiger partial charge is 0.444 e. The second-order valence-corrected chi connectivity index (χ2v) is 5.70. The Labute approximate surface area is 125 Å². The third-order valence-electron chi connectivity index (χ3n) is 2.73. The zero-order chi connectivity index (χ0) is 17.1. The Morgan fingerprint density at radius 2 is 1.73 bits per heavy atom. The van der Waals surface area contributed by atoms with Gasteiger partial charge in [0.05, 0.1) is 0 Å². The van der Waals surface area contributed by atoms with Crippen LogP contribution in [-0.2, 0) is 4.74 Å². The molecule has 1 atom stereocenters. The van der Waals surface area contributed by atoms with Crippen molar-refractivity contribution in [3.8, 4) is 0 Å². The highest BCUT2D eigenvalue weighted by Crippen LogP contribution is 2.26. The summed E-state index contributed by atoms with van der Waals surface area (Å²) >= 11 is 0. The highest BCUT2D eigenvalue weighted by molar-refractivity contribution is 5.67. The normalized spacial score (nSPS) is 12.9. The number of benzene rings is 1. The number of ether oxygens (including phenoxy) is 1. The number of nitrogens with one attached hydrogen (secondary N) is 1. The SMILES string of the molecule is CC(C)(C)OC(=O)NCC(CN)c1c(F)c(F)cc(F)c1F. The van der Waals surface area contributed by atoms with Crippen molar-refractivity contribution in [1.82, 2.24) is 5.32 Å². The number of hydrogen-bond donors (Lipinski definition) is 2. The topological polar surface area (TPSA) is 64.3 Å². The van der Waals surface area contributed by atoms with Crippen molar-refractivity contribution >= 4 is 6.09 Å². The van der Waals surface area contributed by atoms with Crippen molar-refractivity contribution in [2.45, 2.75) is 32.3 Å². The average molecular weight is 322 g/mol. The van der Waals surface area contributed by atoms with Crippen molar-refractivity contribution in [1.29, 1.82) is 0 Å². The van der Waals surface area contributed by atoms with Gasteiger partial charge in [0.1, 0.15) is 5.60 Å². The molecular formula is C14H18F4N2O2. The maximum absolute atomic E-state index is 13.7. The van der Waals surface area contributed by atoms with E-state index in [1.807, 2.05) is 0 Å². The van der Waals surface area contributed by atoms with E-state index in [0.717, 1.165) is 0 Å². The zero-order valence-electron chi connectivity index (χ0n) is 12.5. The summed E-state index contributed by atoms with van der Waals surface area (Å²) in [6.45, 7) is 4.24. The van der Waals surface area contributed by atoms with Crippen LogP contribution in [0.4, 0.5) is 22.4 Å². The molecule has 1 unspecified atom stereocenters. The second-order valence-electron chi connectivity index (χ2n) is 5.70. The first-order chi connectivity index (χ1) is 10.1. The molecule has 0 aliphatic heterocycles. The minimum atomic E-state index is -1.53. The standard InChI is InChI=1S/C14H18F4N2O2/c1-14(2,3)22-13(21)20-6-7(5-19)10-11(17)8(15)4-9(16)12(10)18/h4,7H,5-6,19H2,1-3H3,(H,20,21). The van der Waals surface area contributed by atoms with Crippen molar-refractivity contribution in [2.24, 2.45) is 5.73 Å². The number of halogens is 4. The molecule has 0 aromatic heterocycles. The molecule has 8 heteroatoms. The highest BCUT2D eigenvalue weighted by Gasteiger charge is 2.26. The Kier molecular flexibility index (Phi) is 5.76. The average Bonchev–Trinajstić information content (AvgIpc) is 2.38. The van der Waals surface area contributed by atoms with Gasteiger partial charge in [-0.2, -0.15) is 0 Å². The first kappa shape index (κ1) is 18.2. The third-order valence-corrected chi connectivity index (χ3v) is 2.73. The molecule has 0 spiro atoms. The summed E-state index contributed by atoms with van der Waals surface area (Å²) in [7, 11) is 0. The summed E-state index contributed by atoms with van der Waals surface area (Å²) in [5.74, 6) is -7.24. The molecule has 0 saturated heterocycles. The fraction of sp³-hybridized carbons (Fsp3) is 0.500. The summed E-state index contributed by atoms with van der Waals surface area (Å²) < 4.78 is 58.7. The van der Waals surface area contributed by atoms with Crippen LogP contribution in [0.25, 0.3) is 0 Å². The lowest BCUT2D eigenvalue weighted by molar-refractivity contribution is 0.0524. The van der Waals surface area contributed by atoms with E-state index in [-0.39, 0.29) is 19.2 Å². The molecule has 0 aliphatic rings. The maximum Gasteiger partial charge on any atom is 0.407 e. The van der Waals surface area contributed by atoms with Gasteiger partial charge in [0.2, 0.25) is 0 Å². The molecule has 0 radical (unpaired) electrons. The second kappa shape index (κ2) is 6.95. The van der Waals surface area contributed by atoms with Crippen LogP contribution in [-0.4, -0.2) is 24.8 Å². The smallest absolute Gasteiger partial charge is 0.407 e. The van der Waals surface area contributed by atoms with Gasteiger partial charge in [-0.15, -0.1) is 0 Å². The monoisotopic (exact) mass is 322 g/mol. The van der Waals surface area contributed by atoms with Crippen LogP contribution in [0, 0.1) is 23.3 Å². The minimum Gasteiger partial charge on any atom is -0.444 e. The van der Waals surface area contributed by atoms with E-state index in [9.17, 15) is 22.4 Å². The molecule has 1 aromatic carbocycles.